The van der Waals surface area contributed by atoms with Crippen molar-refractivity contribution in [3.05, 3.63) is 131 Å². The number of aliphatic imine (C=N–C) groups is 1. The van der Waals surface area contributed by atoms with E-state index in [1.807, 2.05) is 60.7 Å². The predicted molar refractivity (Wildman–Crippen MR) is 236 cm³/mol. The van der Waals surface area contributed by atoms with Crippen LogP contribution in [-0.2, 0) is 38.5 Å². The quantitative estimate of drug-likeness (QED) is 0.0438. The molecule has 2 heterocycles. The Morgan fingerprint density at radius 3 is 2.29 bits per heavy atom. The first-order valence-electron chi connectivity index (χ1n) is 21.1. The van der Waals surface area contributed by atoms with E-state index < -0.39 is 47.9 Å². The van der Waals surface area contributed by atoms with E-state index in [2.05, 4.69) is 20.6 Å². The van der Waals surface area contributed by atoms with Crippen molar-refractivity contribution in [1.82, 2.24) is 20.5 Å². The minimum Gasteiger partial charge on any atom is -0.445 e. The van der Waals surface area contributed by atoms with Gasteiger partial charge in [0.05, 0.1) is 11.8 Å². The number of nitrogens with two attached hydrogens (primary N) is 2. The zero-order chi connectivity index (χ0) is 43.4. The number of guanidine groups is 1. The third-order valence-corrected chi connectivity index (χ3v) is 11.7. The molecule has 0 spiro atoms. The van der Waals surface area contributed by atoms with E-state index in [1.54, 1.807) is 42.5 Å². The third-order valence-electron chi connectivity index (χ3n) is 11.4. The number of nitrogens with one attached hydrogen (secondary N) is 2. The second-order valence-electron chi connectivity index (χ2n) is 15.9. The normalized spacial score (nSPS) is 17.5. The van der Waals surface area contributed by atoms with Crippen molar-refractivity contribution in [2.45, 2.75) is 88.6 Å². The van der Waals surface area contributed by atoms with Gasteiger partial charge in [0.15, 0.2) is 11.5 Å². The summed E-state index contributed by atoms with van der Waals surface area (Å²) in [5, 5.41) is 6.00. The molecule has 1 aliphatic carbocycles. The number of oxazole rings is 1. The number of carbonyl (C=O) groups is 4. The molecular weight excluding hydrogens is 810 g/mol. The van der Waals surface area contributed by atoms with Gasteiger partial charge in [0.2, 0.25) is 17.6 Å². The van der Waals surface area contributed by atoms with E-state index in [9.17, 15) is 19.2 Å². The molecule has 15 heteroatoms. The Balaban J connectivity index is 1.16. The lowest BCUT2D eigenvalue weighted by molar-refractivity contribution is -0.140. The first-order valence-corrected chi connectivity index (χ1v) is 21.5. The number of ketones is 1. The summed E-state index contributed by atoms with van der Waals surface area (Å²) in [7, 11) is 0. The van der Waals surface area contributed by atoms with Gasteiger partial charge in [-0.15, -0.1) is 0 Å². The van der Waals surface area contributed by atoms with Crippen LogP contribution in [0.2, 0.25) is 5.02 Å². The van der Waals surface area contributed by atoms with Crippen molar-refractivity contribution in [3.63, 3.8) is 0 Å². The number of ether oxygens (including phenoxy) is 2. The molecule has 5 aromatic rings. The van der Waals surface area contributed by atoms with Crippen LogP contribution in [0.15, 0.2) is 113 Å². The molecule has 14 nitrogen and oxygen atoms in total. The summed E-state index contributed by atoms with van der Waals surface area (Å²) in [6, 6.07) is 27.4. The van der Waals surface area contributed by atoms with Crippen LogP contribution >= 0.6 is 11.6 Å². The van der Waals surface area contributed by atoms with Gasteiger partial charge in [-0.05, 0) is 72.6 Å². The van der Waals surface area contributed by atoms with Crippen molar-refractivity contribution in [1.29, 1.82) is 0 Å². The van der Waals surface area contributed by atoms with Gasteiger partial charge in [0.25, 0.3) is 5.89 Å². The minimum absolute atomic E-state index is 0.00856. The van der Waals surface area contributed by atoms with Crippen molar-refractivity contribution in [3.8, 4) is 0 Å². The number of aryl methyl sites for hydroxylation is 1. The first kappa shape index (κ1) is 43.8. The van der Waals surface area contributed by atoms with Crippen LogP contribution in [-0.4, -0.2) is 76.9 Å². The molecule has 4 aromatic carbocycles. The van der Waals surface area contributed by atoms with Crippen LogP contribution in [0.25, 0.3) is 11.1 Å². The molecule has 2 fully saturated rings. The number of carbonyl (C=O) groups excluding carboxylic acids is 4. The summed E-state index contributed by atoms with van der Waals surface area (Å²) < 4.78 is 17.9. The average molecular weight is 862 g/mol. The van der Waals surface area contributed by atoms with Gasteiger partial charge >= 0.3 is 6.09 Å². The lowest BCUT2D eigenvalue weighted by Gasteiger charge is -2.29. The Bertz CT molecular complexity index is 2320. The van der Waals surface area contributed by atoms with Gasteiger partial charge < -0.3 is 40.9 Å². The number of alkyl carbamates (subject to hydrolysis) is 1. The number of likely N-dealkylation sites (tertiary alicyclic amines) is 1. The number of fused-ring (bicyclic) bond motifs is 1. The van der Waals surface area contributed by atoms with Gasteiger partial charge in [0.1, 0.15) is 30.2 Å². The summed E-state index contributed by atoms with van der Waals surface area (Å²) in [5.41, 5.74) is 14.7. The SMILES string of the molecule is NC(N)=Nc1ccc(CC(NC(=O)[C@@H]2C[C@@H](OCC3CCCCC3)CN2C(=O)[C@@H](CCc2ccccc2)NC(=O)OCc2ccccc2)C(=O)c2nc3ccccc3o2)c(Cl)c1. The molecule has 6 N–H and O–H groups in total. The predicted octanol–water partition coefficient (Wildman–Crippen LogP) is 6.79. The van der Waals surface area contributed by atoms with Crippen molar-refractivity contribution >= 4 is 58.0 Å². The van der Waals surface area contributed by atoms with E-state index in [1.165, 1.54) is 11.3 Å². The van der Waals surface area contributed by atoms with Crippen LogP contribution in [0.1, 0.15) is 72.3 Å². The fourth-order valence-corrected chi connectivity index (χ4v) is 8.35. The van der Waals surface area contributed by atoms with Crippen LogP contribution in [0, 0.1) is 5.92 Å². The fourth-order valence-electron chi connectivity index (χ4n) is 8.10. The van der Waals surface area contributed by atoms with E-state index in [4.69, 9.17) is 37.0 Å². The highest BCUT2D eigenvalue weighted by molar-refractivity contribution is 6.31. The van der Waals surface area contributed by atoms with Gasteiger partial charge in [-0.1, -0.05) is 110 Å². The van der Waals surface area contributed by atoms with E-state index in [-0.39, 0.29) is 49.3 Å². The van der Waals surface area contributed by atoms with E-state index in [0.717, 1.165) is 36.8 Å². The Kier molecular flexibility index (Phi) is 14.9. The molecule has 4 atom stereocenters. The maximum absolute atomic E-state index is 14.8. The Morgan fingerprint density at radius 2 is 1.58 bits per heavy atom. The van der Waals surface area contributed by atoms with Gasteiger partial charge in [-0.3, -0.25) is 14.4 Å². The van der Waals surface area contributed by atoms with Gasteiger partial charge in [0, 0.05) is 31.0 Å². The number of aromatic nitrogens is 1. The van der Waals surface area contributed by atoms with E-state index >= 15 is 0 Å². The summed E-state index contributed by atoms with van der Waals surface area (Å²) in [6.07, 6.45) is 5.17. The molecule has 2 aliphatic rings. The molecular formula is C47H52ClN7O7. The molecule has 1 unspecified atom stereocenters. The molecule has 62 heavy (non-hydrogen) atoms. The number of hydrogen-bond donors (Lipinski definition) is 4. The molecule has 1 saturated heterocycles. The zero-order valence-corrected chi connectivity index (χ0v) is 35.2. The summed E-state index contributed by atoms with van der Waals surface area (Å²) in [5.74, 6) is -1.61. The highest BCUT2D eigenvalue weighted by Crippen LogP contribution is 2.29. The second-order valence-corrected chi connectivity index (χ2v) is 16.3. The number of nitrogens with zero attached hydrogens (tertiary/aromatic N) is 3. The maximum atomic E-state index is 14.8. The van der Waals surface area contributed by atoms with E-state index in [0.29, 0.717) is 41.3 Å². The Morgan fingerprint density at radius 1 is 0.871 bits per heavy atom. The summed E-state index contributed by atoms with van der Waals surface area (Å²) in [4.78, 5) is 67.1. The summed E-state index contributed by atoms with van der Waals surface area (Å²) >= 11 is 6.70. The summed E-state index contributed by atoms with van der Waals surface area (Å²) in [6.45, 7) is 0.623. The number of halogens is 1. The molecule has 0 radical (unpaired) electrons. The molecule has 1 aromatic heterocycles. The van der Waals surface area contributed by atoms with Crippen molar-refractivity contribution < 1.29 is 33.1 Å². The van der Waals surface area contributed by atoms with Crippen LogP contribution in [0.4, 0.5) is 10.5 Å². The van der Waals surface area contributed by atoms with Crippen LogP contribution in [0.3, 0.4) is 0 Å². The number of para-hydroxylation sites is 2. The Hall–Kier alpha value is -6.25. The monoisotopic (exact) mass is 861 g/mol. The Labute approximate surface area is 365 Å². The molecule has 3 amide bonds. The smallest absolute Gasteiger partial charge is 0.408 e. The molecule has 1 aliphatic heterocycles. The lowest BCUT2D eigenvalue weighted by Crippen LogP contribution is -2.55. The second kappa shape index (κ2) is 21.0. The first-order chi connectivity index (χ1) is 30.1. The molecule has 0 bridgehead atoms. The topological polar surface area (TPSA) is 204 Å². The van der Waals surface area contributed by atoms with Crippen LogP contribution in [0.5, 0.6) is 0 Å². The molecule has 1 saturated carbocycles. The van der Waals surface area contributed by atoms with Gasteiger partial charge in [-0.25, -0.2) is 14.8 Å². The third kappa shape index (κ3) is 11.8. The fraction of sp³-hybridized carbons (Fsp3) is 0.362. The highest BCUT2D eigenvalue weighted by atomic mass is 35.5. The molecule has 324 valence electrons. The van der Waals surface area contributed by atoms with Crippen molar-refractivity contribution in [2.75, 3.05) is 13.2 Å². The molecule has 7 rings (SSSR count). The standard InChI is InChI=1S/C47H52ClN7O7/c48-36-25-34(51-46(49)50)22-21-33(36)24-39(42(56)44-53-37-18-10-11-19-41(37)62-44)52-43(57)40-26-35(60-28-31-14-6-2-7-15-31)27-55(40)45(58)38(23-20-30-12-4-1-5-13-30)54-47(59)61-29-32-16-8-3-9-17-32/h1,3-5,8-13,16-19,21-22,25,31,35,38-40H,2,6-7,14-15,20,23-24,26-29H2,(H,52,57)(H,54,59)(H4,49,50,51)/t35-,38-,39?,40+/m1/s1. The largest absolute Gasteiger partial charge is 0.445 e. The number of benzene rings is 4. The zero-order valence-electron chi connectivity index (χ0n) is 34.4. The number of Topliss-reactive ketones (excluding diaryl/α,β-unsaturated/α-hetero) is 1. The van der Waals surface area contributed by atoms with Gasteiger partial charge in [-0.2, -0.15) is 0 Å². The highest BCUT2D eigenvalue weighted by Gasteiger charge is 2.44. The lowest BCUT2D eigenvalue weighted by atomic mass is 9.90. The van der Waals surface area contributed by atoms with Crippen LogP contribution < -0.4 is 22.1 Å². The number of amides is 3. The maximum Gasteiger partial charge on any atom is 0.408 e. The number of hydrogen-bond acceptors (Lipinski definition) is 9. The minimum atomic E-state index is -1.22. The average Bonchev–Trinajstić information content (AvgIpc) is 3.93. The number of rotatable bonds is 17. The van der Waals surface area contributed by atoms with Crippen molar-refractivity contribution in [2.24, 2.45) is 22.4 Å².